The van der Waals surface area contributed by atoms with Gasteiger partial charge in [0.1, 0.15) is 0 Å². The molecule has 4 heteroatoms. The van der Waals surface area contributed by atoms with Gasteiger partial charge in [-0.3, -0.25) is 4.68 Å². The van der Waals surface area contributed by atoms with E-state index in [9.17, 15) is 0 Å². The van der Waals surface area contributed by atoms with E-state index < -0.39 is 0 Å². The molecule has 0 radical (unpaired) electrons. The summed E-state index contributed by atoms with van der Waals surface area (Å²) in [5.41, 5.74) is 1.11. The third kappa shape index (κ3) is 3.17. The first-order chi connectivity index (χ1) is 5.83. The van der Waals surface area contributed by atoms with E-state index in [4.69, 9.17) is 0 Å². The van der Waals surface area contributed by atoms with Gasteiger partial charge in [-0.15, -0.1) is 0 Å². The first-order valence-electron chi connectivity index (χ1n) is 4.04. The van der Waals surface area contributed by atoms with Crippen molar-refractivity contribution in [3.05, 3.63) is 12.4 Å². The smallest absolute Gasteiger partial charge is 0.0726 e. The van der Waals surface area contributed by atoms with Crippen LogP contribution < -0.4 is 5.32 Å². The first-order valence-corrected chi connectivity index (χ1v) is 5.44. The molecule has 0 aliphatic carbocycles. The zero-order valence-electron chi connectivity index (χ0n) is 7.58. The maximum absolute atomic E-state index is 4.06. The molecule has 0 saturated heterocycles. The molecule has 12 heavy (non-hydrogen) atoms. The number of thioether (sulfide) groups is 1. The molecular weight excluding hydrogens is 170 g/mol. The molecule has 0 atom stereocenters. The Morgan fingerprint density at radius 1 is 1.67 bits per heavy atom. The van der Waals surface area contributed by atoms with Crippen LogP contribution in [0.25, 0.3) is 0 Å². The second kappa shape index (κ2) is 5.09. The van der Waals surface area contributed by atoms with Gasteiger partial charge in [-0.05, 0) is 18.4 Å². The molecule has 0 fully saturated rings. The molecule has 1 rings (SSSR count). The van der Waals surface area contributed by atoms with Gasteiger partial charge >= 0.3 is 0 Å². The molecule has 0 amide bonds. The highest BCUT2D eigenvalue weighted by molar-refractivity contribution is 7.98. The van der Waals surface area contributed by atoms with Gasteiger partial charge in [-0.1, -0.05) is 0 Å². The predicted molar refractivity (Wildman–Crippen MR) is 54.7 cm³/mol. The Bertz CT molecular complexity index is 222. The average molecular weight is 185 g/mol. The summed E-state index contributed by atoms with van der Waals surface area (Å²) in [6.07, 6.45) is 7.16. The SMILES string of the molecule is CSCCCNc1cnn(C)c1. The first kappa shape index (κ1) is 9.45. The van der Waals surface area contributed by atoms with Crippen LogP contribution in [0.3, 0.4) is 0 Å². The molecule has 3 nitrogen and oxygen atoms in total. The average Bonchev–Trinajstić information content (AvgIpc) is 2.45. The minimum absolute atomic E-state index is 1.03. The Labute approximate surface area is 77.5 Å². The van der Waals surface area contributed by atoms with Crippen molar-refractivity contribution in [2.45, 2.75) is 6.42 Å². The molecule has 1 aromatic rings. The van der Waals surface area contributed by atoms with Gasteiger partial charge in [-0.25, -0.2) is 0 Å². The quantitative estimate of drug-likeness (QED) is 0.706. The molecule has 0 unspecified atom stereocenters. The number of rotatable bonds is 5. The molecular formula is C8H15N3S. The number of anilines is 1. The Morgan fingerprint density at radius 2 is 2.50 bits per heavy atom. The summed E-state index contributed by atoms with van der Waals surface area (Å²) < 4.78 is 1.80. The minimum atomic E-state index is 1.03. The summed E-state index contributed by atoms with van der Waals surface area (Å²) >= 11 is 1.88. The van der Waals surface area contributed by atoms with Crippen molar-refractivity contribution in [3.8, 4) is 0 Å². The van der Waals surface area contributed by atoms with Gasteiger partial charge in [0.15, 0.2) is 0 Å². The zero-order valence-corrected chi connectivity index (χ0v) is 8.40. The maximum Gasteiger partial charge on any atom is 0.0726 e. The molecule has 0 aliphatic rings. The number of aromatic nitrogens is 2. The van der Waals surface area contributed by atoms with E-state index in [1.165, 1.54) is 12.2 Å². The van der Waals surface area contributed by atoms with Crippen LogP contribution in [0.1, 0.15) is 6.42 Å². The van der Waals surface area contributed by atoms with E-state index in [0.717, 1.165) is 12.2 Å². The van der Waals surface area contributed by atoms with Gasteiger partial charge in [0.25, 0.3) is 0 Å². The Kier molecular flexibility index (Phi) is 4.00. The molecule has 0 aliphatic heterocycles. The summed E-state index contributed by atoms with van der Waals surface area (Å²) in [6.45, 7) is 1.03. The zero-order chi connectivity index (χ0) is 8.81. The second-order valence-corrected chi connectivity index (χ2v) is 3.66. The van der Waals surface area contributed by atoms with Crippen LogP contribution in [0.2, 0.25) is 0 Å². The van der Waals surface area contributed by atoms with Gasteiger partial charge in [0, 0.05) is 19.8 Å². The molecule has 0 aromatic carbocycles. The topological polar surface area (TPSA) is 29.9 Å². The summed E-state index contributed by atoms with van der Waals surface area (Å²) in [5.74, 6) is 1.22. The number of hydrogen-bond acceptors (Lipinski definition) is 3. The van der Waals surface area contributed by atoms with Crippen molar-refractivity contribution in [1.29, 1.82) is 0 Å². The largest absolute Gasteiger partial charge is 0.382 e. The highest BCUT2D eigenvalue weighted by atomic mass is 32.2. The van der Waals surface area contributed by atoms with Crippen molar-refractivity contribution < 1.29 is 0 Å². The maximum atomic E-state index is 4.06. The lowest BCUT2D eigenvalue weighted by Gasteiger charge is -2.00. The predicted octanol–water partition coefficient (Wildman–Crippen LogP) is 1.59. The molecule has 1 aromatic heterocycles. The highest BCUT2D eigenvalue weighted by Crippen LogP contribution is 2.03. The monoisotopic (exact) mass is 185 g/mol. The fraction of sp³-hybridized carbons (Fsp3) is 0.625. The Hall–Kier alpha value is -0.640. The van der Waals surface area contributed by atoms with Crippen LogP contribution in [0.5, 0.6) is 0 Å². The number of aryl methyl sites for hydroxylation is 1. The third-order valence-corrected chi connectivity index (χ3v) is 2.26. The van der Waals surface area contributed by atoms with Crippen LogP contribution in [-0.2, 0) is 7.05 Å². The van der Waals surface area contributed by atoms with Gasteiger partial charge in [0.05, 0.1) is 11.9 Å². The van der Waals surface area contributed by atoms with Crippen LogP contribution in [0.4, 0.5) is 5.69 Å². The third-order valence-electron chi connectivity index (χ3n) is 1.56. The summed E-state index contributed by atoms with van der Waals surface area (Å²) in [5, 5.41) is 7.37. The van der Waals surface area contributed by atoms with E-state index in [0.29, 0.717) is 0 Å². The summed E-state index contributed by atoms with van der Waals surface area (Å²) in [6, 6.07) is 0. The van der Waals surface area contributed by atoms with Crippen molar-refractivity contribution >= 4 is 17.4 Å². The number of nitrogens with one attached hydrogen (secondary N) is 1. The van der Waals surface area contributed by atoms with E-state index >= 15 is 0 Å². The Balaban J connectivity index is 2.15. The standard InChI is InChI=1S/C8H15N3S/c1-11-7-8(6-10-11)9-4-3-5-12-2/h6-7,9H,3-5H2,1-2H3. The fourth-order valence-electron chi connectivity index (χ4n) is 0.962. The van der Waals surface area contributed by atoms with E-state index in [-0.39, 0.29) is 0 Å². The van der Waals surface area contributed by atoms with E-state index in [1.54, 1.807) is 4.68 Å². The normalized spacial score (nSPS) is 10.2. The summed E-state index contributed by atoms with van der Waals surface area (Å²) in [7, 11) is 1.92. The number of nitrogens with zero attached hydrogens (tertiary/aromatic N) is 2. The highest BCUT2D eigenvalue weighted by Gasteiger charge is 1.92. The molecule has 1 heterocycles. The molecule has 68 valence electrons. The summed E-state index contributed by atoms with van der Waals surface area (Å²) in [4.78, 5) is 0. The van der Waals surface area contributed by atoms with Crippen LogP contribution in [0, 0.1) is 0 Å². The van der Waals surface area contributed by atoms with E-state index in [1.807, 2.05) is 31.2 Å². The van der Waals surface area contributed by atoms with Crippen molar-refractivity contribution in [2.75, 3.05) is 23.9 Å². The van der Waals surface area contributed by atoms with Gasteiger partial charge in [0.2, 0.25) is 0 Å². The van der Waals surface area contributed by atoms with Crippen molar-refractivity contribution in [2.24, 2.45) is 7.05 Å². The lowest BCUT2D eigenvalue weighted by molar-refractivity contribution is 0.768. The van der Waals surface area contributed by atoms with Crippen LogP contribution in [0.15, 0.2) is 12.4 Å². The lowest BCUT2D eigenvalue weighted by atomic mass is 10.4. The molecule has 0 saturated carbocycles. The van der Waals surface area contributed by atoms with E-state index in [2.05, 4.69) is 16.7 Å². The van der Waals surface area contributed by atoms with Gasteiger partial charge < -0.3 is 5.32 Å². The molecule has 0 bridgehead atoms. The molecule has 1 N–H and O–H groups in total. The van der Waals surface area contributed by atoms with Crippen molar-refractivity contribution in [1.82, 2.24) is 9.78 Å². The fourth-order valence-corrected chi connectivity index (χ4v) is 1.39. The van der Waals surface area contributed by atoms with Crippen LogP contribution in [-0.4, -0.2) is 28.3 Å². The minimum Gasteiger partial charge on any atom is -0.382 e. The Morgan fingerprint density at radius 3 is 3.08 bits per heavy atom. The lowest BCUT2D eigenvalue weighted by Crippen LogP contribution is -2.01. The molecule has 0 spiro atoms. The number of hydrogen-bond donors (Lipinski definition) is 1. The van der Waals surface area contributed by atoms with Crippen molar-refractivity contribution in [3.63, 3.8) is 0 Å². The second-order valence-electron chi connectivity index (χ2n) is 2.68. The van der Waals surface area contributed by atoms with Crippen LogP contribution >= 0.6 is 11.8 Å². The van der Waals surface area contributed by atoms with Gasteiger partial charge in [-0.2, -0.15) is 16.9 Å².